The van der Waals surface area contributed by atoms with Crippen LogP contribution in [0.15, 0.2) is 3.42 Å². The van der Waals surface area contributed by atoms with Gasteiger partial charge in [-0.2, -0.15) is 0 Å². The molecule has 0 radical (unpaired) electrons. The first-order chi connectivity index (χ1) is 2.56. The van der Waals surface area contributed by atoms with Crippen LogP contribution < -0.4 is 0 Å². The number of hydrogen-bond donors (Lipinski definition) is 0. The van der Waals surface area contributed by atoms with E-state index in [0.29, 0.717) is 0 Å². The van der Waals surface area contributed by atoms with Crippen LogP contribution in [0.1, 0.15) is 20.8 Å². The zero-order valence-corrected chi connectivity index (χ0v) is 6.01. The Morgan fingerprint density at radius 2 is 1.50 bits per heavy atom. The second-order valence-electron chi connectivity index (χ2n) is 2.28. The Labute approximate surface area is 50.4 Å². The fourth-order valence-electron chi connectivity index (χ4n) is 0. The molecule has 0 saturated carbocycles. The first kappa shape index (κ1) is 6.51. The normalized spacial score (nSPS) is 11.5. The molecule has 0 unspecified atom stereocenters. The molecule has 0 aromatic carbocycles. The molecule has 2 heteroatoms. The van der Waals surface area contributed by atoms with Crippen molar-refractivity contribution in [1.82, 2.24) is 0 Å². The van der Waals surface area contributed by atoms with E-state index in [9.17, 15) is 0 Å². The van der Waals surface area contributed by atoms with Crippen molar-refractivity contribution in [2.45, 2.75) is 26.3 Å². The molecule has 0 saturated heterocycles. The standard InChI is InChI=1S/C4H9N.Ti/c1-4(2,3)5;/h1-3H3;/q;+2. The molecule has 0 N–H and O–H groups in total. The van der Waals surface area contributed by atoms with Crippen LogP contribution in [-0.4, -0.2) is 5.54 Å². The fraction of sp³-hybridized carbons (Fsp3) is 1.00. The fourth-order valence-corrected chi connectivity index (χ4v) is 0. The summed E-state index contributed by atoms with van der Waals surface area (Å²) in [6.07, 6.45) is 0. The zero-order valence-electron chi connectivity index (χ0n) is 4.45. The average Bonchev–Trinajstić information content (AvgIpc) is 1.35. The minimum absolute atomic E-state index is 0.167. The summed E-state index contributed by atoms with van der Waals surface area (Å²) in [5, 5.41) is 0. The van der Waals surface area contributed by atoms with Crippen LogP contribution in [0, 0.1) is 0 Å². The third-order valence-electron chi connectivity index (χ3n) is 0.335. The summed E-state index contributed by atoms with van der Waals surface area (Å²) in [6, 6.07) is 0. The van der Waals surface area contributed by atoms with Crippen molar-refractivity contribution >= 4 is 0 Å². The van der Waals surface area contributed by atoms with Gasteiger partial charge in [-0.3, -0.25) is 0 Å². The second kappa shape index (κ2) is 1.99. The Hall–Kier alpha value is 0.514. The molecule has 1 nitrogen and oxygen atoms in total. The van der Waals surface area contributed by atoms with Crippen LogP contribution >= 0.6 is 0 Å². The first-order valence-corrected chi connectivity index (χ1v) is 2.65. The molecule has 0 fully saturated rings. The van der Waals surface area contributed by atoms with Gasteiger partial charge in [-0.25, -0.2) is 0 Å². The van der Waals surface area contributed by atoms with Crippen LogP contribution in [0.2, 0.25) is 0 Å². The van der Waals surface area contributed by atoms with Gasteiger partial charge in [-0.05, 0) is 0 Å². The van der Waals surface area contributed by atoms with E-state index in [4.69, 9.17) is 0 Å². The molecule has 0 aromatic rings. The molecular weight excluding hydrogens is 110 g/mol. The minimum atomic E-state index is 0.167. The topological polar surface area (TPSA) is 12.4 Å². The maximum absolute atomic E-state index is 4.02. The quantitative estimate of drug-likeness (QED) is 0.428. The molecule has 0 rings (SSSR count). The van der Waals surface area contributed by atoms with Gasteiger partial charge in [0.1, 0.15) is 0 Å². The number of nitrogens with zero attached hydrogens (tertiary/aromatic N) is 1. The second-order valence-corrected chi connectivity index (χ2v) is 2.63. The van der Waals surface area contributed by atoms with Crippen LogP contribution in [-0.2, 0) is 20.3 Å². The number of rotatable bonds is 0. The molecular formula is C4H9NTi+2. The average molecular weight is 119 g/mol. The van der Waals surface area contributed by atoms with Gasteiger partial charge in [0.25, 0.3) is 0 Å². The molecule has 0 aliphatic heterocycles. The van der Waals surface area contributed by atoms with Gasteiger partial charge in [-0.15, -0.1) is 0 Å². The van der Waals surface area contributed by atoms with Crippen LogP contribution in [0.4, 0.5) is 0 Å². The van der Waals surface area contributed by atoms with Crippen molar-refractivity contribution in [3.05, 3.63) is 0 Å². The zero-order chi connectivity index (χ0) is 5.21. The Kier molecular flexibility index (Phi) is 2.16. The van der Waals surface area contributed by atoms with E-state index in [1.807, 2.05) is 20.3 Å². The van der Waals surface area contributed by atoms with Crippen molar-refractivity contribution < 1.29 is 20.3 Å². The van der Waals surface area contributed by atoms with Gasteiger partial charge in [-0.1, -0.05) is 0 Å². The van der Waals surface area contributed by atoms with Crippen molar-refractivity contribution in [2.75, 3.05) is 0 Å². The van der Waals surface area contributed by atoms with E-state index in [1.165, 1.54) is 0 Å². The van der Waals surface area contributed by atoms with Crippen molar-refractivity contribution in [1.29, 1.82) is 0 Å². The van der Waals surface area contributed by atoms with Crippen molar-refractivity contribution in [3.63, 3.8) is 0 Å². The molecule has 0 aliphatic carbocycles. The summed E-state index contributed by atoms with van der Waals surface area (Å²) in [5.74, 6) is 0. The van der Waals surface area contributed by atoms with Crippen LogP contribution in [0.3, 0.4) is 0 Å². The van der Waals surface area contributed by atoms with Crippen molar-refractivity contribution in [3.8, 4) is 0 Å². The molecule has 0 aromatic heterocycles. The summed E-state index contributed by atoms with van der Waals surface area (Å²) in [7, 11) is 0. The molecule has 0 heterocycles. The molecule has 0 bridgehead atoms. The summed E-state index contributed by atoms with van der Waals surface area (Å²) >= 11 is 1.83. The first-order valence-electron chi connectivity index (χ1n) is 1.95. The van der Waals surface area contributed by atoms with E-state index >= 15 is 0 Å². The van der Waals surface area contributed by atoms with Gasteiger partial charge in [0, 0.05) is 0 Å². The molecule has 0 amide bonds. The summed E-state index contributed by atoms with van der Waals surface area (Å²) in [4.78, 5) is 0. The van der Waals surface area contributed by atoms with E-state index in [1.54, 1.807) is 0 Å². The van der Waals surface area contributed by atoms with Crippen LogP contribution in [0.5, 0.6) is 0 Å². The van der Waals surface area contributed by atoms with Gasteiger partial charge in [0.2, 0.25) is 0 Å². The molecule has 0 atom stereocenters. The predicted octanol–water partition coefficient (Wildman–Crippen LogP) is 1.52. The monoisotopic (exact) mass is 119 g/mol. The SMILES string of the molecule is CC(C)(C)[N]=[Ti+2]. The summed E-state index contributed by atoms with van der Waals surface area (Å²) in [6.45, 7) is 6.23. The van der Waals surface area contributed by atoms with E-state index in [2.05, 4.69) is 24.2 Å². The van der Waals surface area contributed by atoms with Gasteiger partial charge >= 0.3 is 50.0 Å². The Bertz CT molecular complexity index is 53.1. The Morgan fingerprint density at radius 1 is 1.33 bits per heavy atom. The summed E-state index contributed by atoms with van der Waals surface area (Å²) < 4.78 is 4.02. The molecule has 0 spiro atoms. The van der Waals surface area contributed by atoms with Gasteiger partial charge < -0.3 is 0 Å². The third-order valence-corrected chi connectivity index (χ3v) is 1.38. The molecule has 0 aliphatic rings. The Balaban J connectivity index is 3.45. The van der Waals surface area contributed by atoms with E-state index in [0.717, 1.165) is 0 Å². The maximum atomic E-state index is 4.02. The van der Waals surface area contributed by atoms with E-state index < -0.39 is 0 Å². The summed E-state index contributed by atoms with van der Waals surface area (Å²) in [5.41, 5.74) is 0.167. The number of hydrogen-bond acceptors (Lipinski definition) is 1. The van der Waals surface area contributed by atoms with E-state index in [-0.39, 0.29) is 5.54 Å². The Morgan fingerprint density at radius 3 is 1.50 bits per heavy atom. The molecule has 6 heavy (non-hydrogen) atoms. The molecule has 32 valence electrons. The van der Waals surface area contributed by atoms with Gasteiger partial charge in [0.05, 0.1) is 0 Å². The van der Waals surface area contributed by atoms with Crippen LogP contribution in [0.25, 0.3) is 0 Å². The predicted molar refractivity (Wildman–Crippen MR) is 22.2 cm³/mol. The van der Waals surface area contributed by atoms with Crippen molar-refractivity contribution in [2.24, 2.45) is 3.42 Å². The third kappa shape index (κ3) is 4.51. The van der Waals surface area contributed by atoms with Gasteiger partial charge in [0.15, 0.2) is 0 Å².